The van der Waals surface area contributed by atoms with E-state index in [9.17, 15) is 14.7 Å². The molecule has 4 rings (SSSR count). The van der Waals surface area contributed by atoms with E-state index in [4.69, 9.17) is 4.42 Å². The summed E-state index contributed by atoms with van der Waals surface area (Å²) in [5, 5.41) is 10.1. The van der Waals surface area contributed by atoms with Crippen LogP contribution in [0.15, 0.2) is 40.8 Å². The molecule has 136 valence electrons. The molecule has 2 fully saturated rings. The molecule has 0 radical (unpaired) electrons. The fraction of sp³-hybridized carbons (Fsp3) is 0.429. The predicted octanol–water partition coefficient (Wildman–Crippen LogP) is 3.59. The van der Waals surface area contributed by atoms with E-state index >= 15 is 0 Å². The quantitative estimate of drug-likeness (QED) is 0.912. The molecule has 26 heavy (non-hydrogen) atoms. The van der Waals surface area contributed by atoms with Crippen molar-refractivity contribution in [3.8, 4) is 0 Å². The Morgan fingerprint density at radius 1 is 1.23 bits per heavy atom. The maximum atomic E-state index is 13.2. The van der Waals surface area contributed by atoms with Crippen molar-refractivity contribution < 1.29 is 19.1 Å². The predicted molar refractivity (Wildman–Crippen MR) is 96.0 cm³/mol. The Labute approximate surface area is 152 Å². The number of aliphatic carboxylic acids is 1. The van der Waals surface area contributed by atoms with Gasteiger partial charge in [0.05, 0.1) is 11.0 Å². The van der Waals surface area contributed by atoms with Crippen LogP contribution in [-0.2, 0) is 11.2 Å². The zero-order valence-corrected chi connectivity index (χ0v) is 15.1. The minimum absolute atomic E-state index is 0.0121. The van der Waals surface area contributed by atoms with Crippen molar-refractivity contribution in [1.82, 2.24) is 4.90 Å². The number of nitrogens with zero attached hydrogens (tertiary/aromatic N) is 1. The number of aryl methyl sites for hydroxylation is 2. The molecule has 2 aromatic rings. The second-order valence-corrected chi connectivity index (χ2v) is 7.61. The largest absolute Gasteiger partial charge is 0.481 e. The lowest BCUT2D eigenvalue weighted by molar-refractivity contribution is -0.150. The van der Waals surface area contributed by atoms with Crippen LogP contribution < -0.4 is 0 Å². The van der Waals surface area contributed by atoms with Crippen molar-refractivity contribution >= 4 is 11.9 Å². The topological polar surface area (TPSA) is 70.8 Å². The van der Waals surface area contributed by atoms with E-state index in [0.29, 0.717) is 29.9 Å². The van der Waals surface area contributed by atoms with Gasteiger partial charge < -0.3 is 14.4 Å². The molecule has 0 spiro atoms. The number of benzene rings is 1. The molecule has 0 saturated carbocycles. The lowest BCUT2D eigenvalue weighted by Crippen LogP contribution is -2.46. The lowest BCUT2D eigenvalue weighted by Gasteiger charge is -2.33. The zero-order valence-electron chi connectivity index (χ0n) is 15.1. The molecule has 2 aliphatic rings. The van der Waals surface area contributed by atoms with Gasteiger partial charge in [-0.1, -0.05) is 30.3 Å². The Bertz CT molecular complexity index is 856. The molecule has 3 atom stereocenters. The summed E-state index contributed by atoms with van der Waals surface area (Å²) in [7, 11) is 0. The highest BCUT2D eigenvalue weighted by Crippen LogP contribution is 2.52. The third-order valence-corrected chi connectivity index (χ3v) is 6.03. The van der Waals surface area contributed by atoms with Crippen molar-refractivity contribution in [1.29, 1.82) is 0 Å². The fourth-order valence-corrected chi connectivity index (χ4v) is 4.93. The van der Waals surface area contributed by atoms with Gasteiger partial charge in [0, 0.05) is 12.1 Å². The van der Waals surface area contributed by atoms with Gasteiger partial charge in [-0.2, -0.15) is 0 Å². The number of carbonyl (C=O) groups is 2. The summed E-state index contributed by atoms with van der Waals surface area (Å²) in [5.74, 6) is 0.406. The highest BCUT2D eigenvalue weighted by atomic mass is 16.4. The van der Waals surface area contributed by atoms with E-state index in [1.54, 1.807) is 13.0 Å². The molecule has 1 N–H and O–H groups in total. The monoisotopic (exact) mass is 353 g/mol. The molecule has 1 aromatic carbocycles. The molecule has 0 unspecified atom stereocenters. The van der Waals surface area contributed by atoms with Gasteiger partial charge in [0.2, 0.25) is 0 Å². The van der Waals surface area contributed by atoms with Gasteiger partial charge in [0.1, 0.15) is 11.5 Å². The SMILES string of the molecule is Cc1cc(C(=O)N2[C@H]3CC[C@@H]2[C@](Cc2ccccc2)(C(=O)O)C3)c(C)o1. The van der Waals surface area contributed by atoms with E-state index in [-0.39, 0.29) is 18.0 Å². The third-order valence-electron chi connectivity index (χ3n) is 6.03. The maximum absolute atomic E-state index is 13.2. The van der Waals surface area contributed by atoms with E-state index in [1.165, 1.54) is 0 Å². The van der Waals surface area contributed by atoms with E-state index in [2.05, 4.69) is 0 Å². The first-order valence-electron chi connectivity index (χ1n) is 9.09. The first kappa shape index (κ1) is 16.9. The fourth-order valence-electron chi connectivity index (χ4n) is 4.93. The summed E-state index contributed by atoms with van der Waals surface area (Å²) in [5.41, 5.74) is 0.651. The summed E-state index contributed by atoms with van der Waals surface area (Å²) in [4.78, 5) is 27.3. The van der Waals surface area contributed by atoms with Crippen LogP contribution in [0.25, 0.3) is 0 Å². The van der Waals surface area contributed by atoms with E-state index in [1.807, 2.05) is 42.2 Å². The van der Waals surface area contributed by atoms with Gasteiger partial charge in [-0.05, 0) is 51.2 Å². The number of hydrogen-bond acceptors (Lipinski definition) is 3. The van der Waals surface area contributed by atoms with Crippen LogP contribution in [0.4, 0.5) is 0 Å². The molecule has 5 heteroatoms. The number of furan rings is 1. The highest BCUT2D eigenvalue weighted by molar-refractivity contribution is 5.97. The van der Waals surface area contributed by atoms with E-state index < -0.39 is 11.4 Å². The number of carboxylic acid groups (broad SMARTS) is 1. The van der Waals surface area contributed by atoms with Crippen molar-refractivity contribution in [3.63, 3.8) is 0 Å². The molecular weight excluding hydrogens is 330 g/mol. The summed E-state index contributed by atoms with van der Waals surface area (Å²) in [6, 6.07) is 11.2. The Kier molecular flexibility index (Phi) is 3.90. The lowest BCUT2D eigenvalue weighted by atomic mass is 9.70. The average Bonchev–Trinajstić information content (AvgIpc) is 3.26. The Balaban J connectivity index is 1.68. The van der Waals surface area contributed by atoms with Gasteiger partial charge in [0.25, 0.3) is 5.91 Å². The summed E-state index contributed by atoms with van der Waals surface area (Å²) >= 11 is 0. The maximum Gasteiger partial charge on any atom is 0.312 e. The number of rotatable bonds is 4. The molecule has 1 aromatic heterocycles. The number of hydrogen-bond donors (Lipinski definition) is 1. The van der Waals surface area contributed by atoms with Crippen LogP contribution in [0.5, 0.6) is 0 Å². The summed E-state index contributed by atoms with van der Waals surface area (Å²) in [6.07, 6.45) is 2.59. The number of fused-ring (bicyclic) bond motifs is 2. The van der Waals surface area contributed by atoms with Crippen molar-refractivity contribution in [2.45, 2.75) is 51.6 Å². The second kappa shape index (κ2) is 6.01. The Morgan fingerprint density at radius 2 is 1.96 bits per heavy atom. The number of carboxylic acids is 1. The van der Waals surface area contributed by atoms with Crippen LogP contribution in [0.2, 0.25) is 0 Å². The highest BCUT2D eigenvalue weighted by Gasteiger charge is 2.61. The standard InChI is InChI=1S/C21H23NO4/c1-13-10-17(14(2)26-13)19(23)22-16-8-9-18(22)21(12-16,20(24)25)11-15-6-4-3-5-7-15/h3-7,10,16,18H,8-9,11-12H2,1-2H3,(H,24,25)/t16-,18+,21+/m0/s1. The zero-order chi connectivity index (χ0) is 18.5. The summed E-state index contributed by atoms with van der Waals surface area (Å²) < 4.78 is 5.52. The van der Waals surface area contributed by atoms with Crippen molar-refractivity contribution in [2.75, 3.05) is 0 Å². The Morgan fingerprint density at radius 3 is 2.58 bits per heavy atom. The van der Waals surface area contributed by atoms with Crippen molar-refractivity contribution in [3.05, 3.63) is 59.0 Å². The van der Waals surface area contributed by atoms with Crippen molar-refractivity contribution in [2.24, 2.45) is 5.41 Å². The first-order valence-corrected chi connectivity index (χ1v) is 9.09. The summed E-state index contributed by atoms with van der Waals surface area (Å²) in [6.45, 7) is 3.60. The molecule has 3 heterocycles. The van der Waals surface area contributed by atoms with Crippen LogP contribution in [0.3, 0.4) is 0 Å². The molecule has 0 aliphatic carbocycles. The van der Waals surface area contributed by atoms with Crippen LogP contribution in [0, 0.1) is 19.3 Å². The van der Waals surface area contributed by atoms with Crippen LogP contribution >= 0.6 is 0 Å². The van der Waals surface area contributed by atoms with Gasteiger partial charge >= 0.3 is 5.97 Å². The Hall–Kier alpha value is -2.56. The molecule has 5 nitrogen and oxygen atoms in total. The van der Waals surface area contributed by atoms with Gasteiger partial charge in [-0.15, -0.1) is 0 Å². The van der Waals surface area contributed by atoms with Gasteiger partial charge in [-0.25, -0.2) is 0 Å². The first-order chi connectivity index (χ1) is 12.4. The molecule has 1 amide bonds. The molecule has 2 bridgehead atoms. The minimum atomic E-state index is -0.910. The average molecular weight is 353 g/mol. The second-order valence-electron chi connectivity index (χ2n) is 7.61. The minimum Gasteiger partial charge on any atom is -0.481 e. The van der Waals surface area contributed by atoms with Crippen LogP contribution in [0.1, 0.15) is 46.7 Å². The van der Waals surface area contributed by atoms with Gasteiger partial charge in [-0.3, -0.25) is 9.59 Å². The smallest absolute Gasteiger partial charge is 0.312 e. The third kappa shape index (κ3) is 2.45. The van der Waals surface area contributed by atoms with Crippen LogP contribution in [-0.4, -0.2) is 34.0 Å². The molecule has 2 aliphatic heterocycles. The normalized spacial score (nSPS) is 27.1. The van der Waals surface area contributed by atoms with E-state index in [0.717, 1.165) is 18.4 Å². The molecular formula is C21H23NO4. The van der Waals surface area contributed by atoms with Gasteiger partial charge in [0.15, 0.2) is 0 Å². The molecule has 2 saturated heterocycles. The number of amides is 1. The number of carbonyl (C=O) groups excluding carboxylic acids is 1.